The van der Waals surface area contributed by atoms with Crippen molar-refractivity contribution in [2.45, 2.75) is 37.8 Å². The molecular weight excluding hydrogens is 398 g/mol. The van der Waals surface area contributed by atoms with Gasteiger partial charge in [0.15, 0.2) is 0 Å². The third kappa shape index (κ3) is 3.61. The molecule has 0 aromatic heterocycles. The predicted octanol–water partition coefficient (Wildman–Crippen LogP) is -0.0382. The number of carbonyl (C=O) groups is 4. The fraction of sp³-hybridized carbons (Fsp3) is 0.545. The van der Waals surface area contributed by atoms with E-state index in [1.807, 2.05) is 6.07 Å². The van der Waals surface area contributed by atoms with Crippen molar-refractivity contribution in [1.29, 1.82) is 0 Å². The van der Waals surface area contributed by atoms with E-state index in [0.29, 0.717) is 17.2 Å². The Hall–Kier alpha value is -2.78. The van der Waals surface area contributed by atoms with Gasteiger partial charge in [-0.05, 0) is 37.5 Å². The molecule has 4 amide bonds. The Morgan fingerprint density at radius 3 is 2.26 bits per heavy atom. The van der Waals surface area contributed by atoms with Gasteiger partial charge < -0.3 is 10.2 Å². The minimum atomic E-state index is -0.927. The van der Waals surface area contributed by atoms with Crippen LogP contribution in [0.1, 0.15) is 46.4 Å². The lowest BCUT2D eigenvalue weighted by molar-refractivity contribution is -0.136. The molecule has 4 heterocycles. The summed E-state index contributed by atoms with van der Waals surface area (Å²) >= 11 is 0. The highest BCUT2D eigenvalue weighted by Gasteiger charge is 2.44. The molecule has 1 unspecified atom stereocenters. The molecule has 1 aromatic carbocycles. The molecule has 4 aliphatic rings. The summed E-state index contributed by atoms with van der Waals surface area (Å²) in [6, 6.07) is 5.04. The summed E-state index contributed by atoms with van der Waals surface area (Å²) in [5.41, 5.74) is 1.61. The zero-order valence-corrected chi connectivity index (χ0v) is 17.4. The van der Waals surface area contributed by atoms with Crippen molar-refractivity contribution in [3.8, 4) is 0 Å². The number of rotatable bonds is 3. The van der Waals surface area contributed by atoms with E-state index in [9.17, 15) is 19.2 Å². The molecule has 1 atom stereocenters. The minimum Gasteiger partial charge on any atom is -0.371 e. The van der Waals surface area contributed by atoms with Crippen LogP contribution < -0.4 is 15.5 Å². The number of nitrogens with one attached hydrogen (secondary N) is 2. The van der Waals surface area contributed by atoms with Gasteiger partial charge in [0.2, 0.25) is 11.8 Å². The van der Waals surface area contributed by atoms with Gasteiger partial charge in [-0.1, -0.05) is 0 Å². The number of hydrogen-bond donors (Lipinski definition) is 2. The Balaban J connectivity index is 1.29. The van der Waals surface area contributed by atoms with Crippen LogP contribution in [0.4, 0.5) is 5.69 Å². The van der Waals surface area contributed by atoms with Crippen molar-refractivity contribution in [2.75, 3.05) is 44.2 Å². The molecule has 1 aromatic rings. The lowest BCUT2D eigenvalue weighted by Crippen LogP contribution is -2.54. The van der Waals surface area contributed by atoms with Crippen LogP contribution in [0.25, 0.3) is 0 Å². The highest BCUT2D eigenvalue weighted by Crippen LogP contribution is 2.32. The molecule has 2 N–H and O–H groups in total. The van der Waals surface area contributed by atoms with Gasteiger partial charge in [0, 0.05) is 57.4 Å². The lowest BCUT2D eigenvalue weighted by atomic mass is 10.0. The molecule has 0 saturated carbocycles. The maximum Gasteiger partial charge on any atom is 0.262 e. The average molecular weight is 425 g/mol. The zero-order valence-electron chi connectivity index (χ0n) is 17.4. The predicted molar refractivity (Wildman–Crippen MR) is 113 cm³/mol. The van der Waals surface area contributed by atoms with Gasteiger partial charge >= 0.3 is 0 Å². The molecular formula is C22H27N5O4. The van der Waals surface area contributed by atoms with Gasteiger partial charge in [-0.25, -0.2) is 0 Å². The van der Waals surface area contributed by atoms with E-state index in [4.69, 9.17) is 0 Å². The summed E-state index contributed by atoms with van der Waals surface area (Å²) in [5.74, 6) is -1.86. The maximum absolute atomic E-state index is 13.0. The van der Waals surface area contributed by atoms with Crippen molar-refractivity contribution in [3.63, 3.8) is 0 Å². The minimum absolute atomic E-state index is 0.122. The Morgan fingerprint density at radius 2 is 1.55 bits per heavy atom. The van der Waals surface area contributed by atoms with Gasteiger partial charge in [-0.2, -0.15) is 0 Å². The van der Waals surface area contributed by atoms with E-state index in [1.54, 1.807) is 12.1 Å². The molecule has 164 valence electrons. The Morgan fingerprint density at radius 1 is 0.839 bits per heavy atom. The number of benzene rings is 1. The fourth-order valence-corrected chi connectivity index (χ4v) is 5.19. The third-order valence-corrected chi connectivity index (χ3v) is 6.92. The van der Waals surface area contributed by atoms with Gasteiger partial charge in [0.05, 0.1) is 11.1 Å². The van der Waals surface area contributed by atoms with Crippen LogP contribution >= 0.6 is 0 Å². The molecule has 0 radical (unpaired) electrons. The van der Waals surface area contributed by atoms with Gasteiger partial charge in [-0.15, -0.1) is 0 Å². The second-order valence-electron chi connectivity index (χ2n) is 8.68. The highest BCUT2D eigenvalue weighted by atomic mass is 16.2. The van der Waals surface area contributed by atoms with Crippen molar-refractivity contribution < 1.29 is 19.2 Å². The number of anilines is 1. The zero-order chi connectivity index (χ0) is 21.5. The summed E-state index contributed by atoms with van der Waals surface area (Å²) in [4.78, 5) is 55.4. The summed E-state index contributed by atoms with van der Waals surface area (Å²) in [5, 5.41) is 5.62. The quantitative estimate of drug-likeness (QED) is 0.656. The summed E-state index contributed by atoms with van der Waals surface area (Å²) < 4.78 is 0. The first kappa shape index (κ1) is 20.1. The number of piperazine rings is 1. The highest BCUT2D eigenvalue weighted by molar-refractivity contribution is 6.23. The molecule has 3 saturated heterocycles. The van der Waals surface area contributed by atoms with Crippen LogP contribution in [0.3, 0.4) is 0 Å². The van der Waals surface area contributed by atoms with Crippen LogP contribution in [-0.4, -0.2) is 84.8 Å². The Bertz CT molecular complexity index is 934. The Labute approximate surface area is 180 Å². The van der Waals surface area contributed by atoms with Gasteiger partial charge in [-0.3, -0.25) is 34.3 Å². The number of piperidine rings is 2. The van der Waals surface area contributed by atoms with Gasteiger partial charge in [0.1, 0.15) is 6.04 Å². The molecule has 9 nitrogen and oxygen atoms in total. The van der Waals surface area contributed by atoms with Crippen molar-refractivity contribution in [1.82, 2.24) is 20.4 Å². The molecule has 3 fully saturated rings. The summed E-state index contributed by atoms with van der Waals surface area (Å²) in [7, 11) is 0. The van der Waals surface area contributed by atoms with Crippen molar-refractivity contribution in [2.24, 2.45) is 0 Å². The molecule has 0 bridgehead atoms. The van der Waals surface area contributed by atoms with E-state index in [1.165, 1.54) is 0 Å². The molecule has 31 heavy (non-hydrogen) atoms. The lowest BCUT2D eigenvalue weighted by Gasteiger charge is -2.41. The van der Waals surface area contributed by atoms with Crippen molar-refractivity contribution in [3.05, 3.63) is 29.3 Å². The topological polar surface area (TPSA) is 102 Å². The van der Waals surface area contributed by atoms with E-state index in [2.05, 4.69) is 20.4 Å². The first-order valence-electron chi connectivity index (χ1n) is 11.1. The van der Waals surface area contributed by atoms with E-state index < -0.39 is 23.8 Å². The summed E-state index contributed by atoms with van der Waals surface area (Å²) in [6.45, 7) is 6.10. The number of amides is 4. The summed E-state index contributed by atoms with van der Waals surface area (Å²) in [6.07, 6.45) is 2.44. The van der Waals surface area contributed by atoms with E-state index >= 15 is 0 Å². The standard InChI is InChI=1S/C22H27N5O4/c28-19-4-3-18(20(29)24-19)27-21(30)16-2-1-15(13-17(16)22(27)31)25-9-5-14(6-10-25)26-11-7-23-8-12-26/h1-2,13-14,18,23H,3-12H2,(H,24,28,29). The second kappa shape index (κ2) is 8.05. The van der Waals surface area contributed by atoms with Crippen LogP contribution in [-0.2, 0) is 9.59 Å². The molecule has 9 heteroatoms. The number of imide groups is 2. The smallest absolute Gasteiger partial charge is 0.262 e. The third-order valence-electron chi connectivity index (χ3n) is 6.92. The molecule has 0 aliphatic carbocycles. The van der Waals surface area contributed by atoms with Crippen LogP contribution in [0.5, 0.6) is 0 Å². The number of hydrogen-bond acceptors (Lipinski definition) is 7. The number of nitrogens with zero attached hydrogens (tertiary/aromatic N) is 3. The van der Waals surface area contributed by atoms with Crippen molar-refractivity contribution >= 4 is 29.3 Å². The Kier molecular flexibility index (Phi) is 5.23. The normalized spacial score (nSPS) is 25.7. The van der Waals surface area contributed by atoms with Crippen LogP contribution in [0, 0.1) is 0 Å². The second-order valence-corrected chi connectivity index (χ2v) is 8.68. The molecule has 5 rings (SSSR count). The SMILES string of the molecule is O=C1CCC(N2C(=O)c3ccc(N4CCC(N5CCNCC5)CC4)cc3C2=O)C(=O)N1. The first-order valence-corrected chi connectivity index (χ1v) is 11.1. The largest absolute Gasteiger partial charge is 0.371 e. The molecule has 0 spiro atoms. The van der Waals surface area contributed by atoms with E-state index in [0.717, 1.165) is 62.7 Å². The fourth-order valence-electron chi connectivity index (χ4n) is 5.19. The monoisotopic (exact) mass is 425 g/mol. The van der Waals surface area contributed by atoms with Crippen LogP contribution in [0.15, 0.2) is 18.2 Å². The first-order chi connectivity index (χ1) is 15.0. The maximum atomic E-state index is 13.0. The number of carbonyl (C=O) groups excluding carboxylic acids is 4. The van der Waals surface area contributed by atoms with Gasteiger partial charge in [0.25, 0.3) is 11.8 Å². The number of fused-ring (bicyclic) bond motifs is 1. The van der Waals surface area contributed by atoms with Crippen LogP contribution in [0.2, 0.25) is 0 Å². The molecule has 4 aliphatic heterocycles. The average Bonchev–Trinajstić information content (AvgIpc) is 3.04. The van der Waals surface area contributed by atoms with E-state index in [-0.39, 0.29) is 18.7 Å².